The summed E-state index contributed by atoms with van der Waals surface area (Å²) < 4.78 is 20.2. The summed E-state index contributed by atoms with van der Waals surface area (Å²) in [5, 5.41) is 0. The average molecular weight is 278 g/mol. The lowest BCUT2D eigenvalue weighted by atomic mass is 10.1. The number of benzene rings is 1. The van der Waals surface area contributed by atoms with Gasteiger partial charge in [-0.3, -0.25) is 0 Å². The third-order valence-corrected chi connectivity index (χ3v) is 2.52. The van der Waals surface area contributed by atoms with Gasteiger partial charge < -0.3 is 18.9 Å². The fourth-order valence-corrected chi connectivity index (χ4v) is 1.57. The van der Waals surface area contributed by atoms with Crippen LogP contribution in [0, 0.1) is 0 Å². The molecular formula is C15H18O5. The number of rotatable bonds is 6. The summed E-state index contributed by atoms with van der Waals surface area (Å²) in [5.74, 6) is 1.28. The van der Waals surface area contributed by atoms with Crippen LogP contribution in [0.2, 0.25) is 0 Å². The van der Waals surface area contributed by atoms with Crippen molar-refractivity contribution in [2.45, 2.75) is 0 Å². The van der Waals surface area contributed by atoms with Crippen LogP contribution in [0.4, 0.5) is 0 Å². The zero-order valence-electron chi connectivity index (χ0n) is 12.0. The van der Waals surface area contributed by atoms with E-state index in [1.807, 2.05) is 18.2 Å². The zero-order valence-corrected chi connectivity index (χ0v) is 12.0. The Hall–Kier alpha value is -2.43. The Labute approximate surface area is 118 Å². The molecule has 1 rings (SSSR count). The Kier molecular flexibility index (Phi) is 6.16. The van der Waals surface area contributed by atoms with Crippen LogP contribution in [0.3, 0.4) is 0 Å². The molecule has 20 heavy (non-hydrogen) atoms. The maximum Gasteiger partial charge on any atom is 0.330 e. The van der Waals surface area contributed by atoms with E-state index in [-0.39, 0.29) is 0 Å². The summed E-state index contributed by atoms with van der Waals surface area (Å²) in [6.45, 7) is 0. The number of carbonyl (C=O) groups excluding carboxylic acids is 1. The van der Waals surface area contributed by atoms with Gasteiger partial charge in [0, 0.05) is 6.08 Å². The molecule has 0 amide bonds. The van der Waals surface area contributed by atoms with Crippen LogP contribution in [0.5, 0.6) is 17.2 Å². The van der Waals surface area contributed by atoms with Crippen LogP contribution >= 0.6 is 0 Å². The standard InChI is InChI=1S/C15H18O5/c1-17-12-9-11(7-5-6-8-14(16)19-3)10-13(18-2)15(12)20-4/h5-10H,1-4H3/b7-5+,8-6+. The van der Waals surface area contributed by atoms with Gasteiger partial charge in [-0.25, -0.2) is 4.79 Å². The first kappa shape index (κ1) is 15.6. The first-order chi connectivity index (χ1) is 9.65. The Bertz CT molecular complexity index is 492. The molecule has 0 saturated carbocycles. The Morgan fingerprint density at radius 2 is 1.55 bits per heavy atom. The van der Waals surface area contributed by atoms with Crippen LogP contribution < -0.4 is 14.2 Å². The van der Waals surface area contributed by atoms with Crippen LogP contribution in [-0.4, -0.2) is 34.4 Å². The predicted molar refractivity (Wildman–Crippen MR) is 76.3 cm³/mol. The van der Waals surface area contributed by atoms with E-state index >= 15 is 0 Å². The lowest BCUT2D eigenvalue weighted by Gasteiger charge is -2.12. The van der Waals surface area contributed by atoms with Crippen LogP contribution in [0.1, 0.15) is 5.56 Å². The van der Waals surface area contributed by atoms with Crippen molar-refractivity contribution in [2.75, 3.05) is 28.4 Å². The highest BCUT2D eigenvalue weighted by Gasteiger charge is 2.11. The zero-order chi connectivity index (χ0) is 15.0. The first-order valence-electron chi connectivity index (χ1n) is 5.89. The van der Waals surface area contributed by atoms with Crippen LogP contribution in [-0.2, 0) is 9.53 Å². The molecule has 0 saturated heterocycles. The van der Waals surface area contributed by atoms with E-state index in [0.717, 1.165) is 5.56 Å². The highest BCUT2D eigenvalue weighted by Crippen LogP contribution is 2.38. The molecule has 0 unspecified atom stereocenters. The highest BCUT2D eigenvalue weighted by atomic mass is 16.5. The van der Waals surface area contributed by atoms with Gasteiger partial charge in [0.2, 0.25) is 5.75 Å². The lowest BCUT2D eigenvalue weighted by molar-refractivity contribution is -0.134. The molecule has 0 fully saturated rings. The summed E-state index contributed by atoms with van der Waals surface area (Å²) in [7, 11) is 5.99. The molecule has 1 aromatic carbocycles. The normalized spacial score (nSPS) is 10.8. The molecule has 0 N–H and O–H groups in total. The second-order valence-corrected chi connectivity index (χ2v) is 3.70. The average Bonchev–Trinajstić information content (AvgIpc) is 2.49. The van der Waals surface area contributed by atoms with Crippen LogP contribution in [0.25, 0.3) is 6.08 Å². The molecular weight excluding hydrogens is 260 g/mol. The number of ether oxygens (including phenoxy) is 4. The van der Waals surface area contributed by atoms with Gasteiger partial charge in [0.1, 0.15) is 0 Å². The van der Waals surface area contributed by atoms with Gasteiger partial charge in [0.15, 0.2) is 11.5 Å². The minimum absolute atomic E-state index is 0.403. The summed E-state index contributed by atoms with van der Waals surface area (Å²) in [5.41, 5.74) is 0.856. The van der Waals surface area contributed by atoms with Crippen molar-refractivity contribution < 1.29 is 23.7 Å². The molecule has 0 aromatic heterocycles. The van der Waals surface area contributed by atoms with Crippen molar-refractivity contribution in [1.82, 2.24) is 0 Å². The van der Waals surface area contributed by atoms with Gasteiger partial charge >= 0.3 is 5.97 Å². The van der Waals surface area contributed by atoms with Gasteiger partial charge in [0.05, 0.1) is 28.4 Å². The largest absolute Gasteiger partial charge is 0.493 e. The van der Waals surface area contributed by atoms with Crippen molar-refractivity contribution in [1.29, 1.82) is 0 Å². The number of allylic oxidation sites excluding steroid dienone is 2. The van der Waals surface area contributed by atoms with Crippen molar-refractivity contribution >= 4 is 12.0 Å². The van der Waals surface area contributed by atoms with E-state index in [0.29, 0.717) is 17.2 Å². The van der Waals surface area contributed by atoms with E-state index in [4.69, 9.17) is 14.2 Å². The summed E-state index contributed by atoms with van der Waals surface area (Å²) in [4.78, 5) is 10.9. The maximum absolute atomic E-state index is 10.9. The lowest BCUT2D eigenvalue weighted by Crippen LogP contribution is -1.95. The van der Waals surface area contributed by atoms with E-state index in [1.165, 1.54) is 13.2 Å². The van der Waals surface area contributed by atoms with Crippen molar-refractivity contribution in [3.05, 3.63) is 35.9 Å². The molecule has 5 heteroatoms. The Morgan fingerprint density at radius 1 is 0.950 bits per heavy atom. The molecule has 0 heterocycles. The molecule has 0 spiro atoms. The van der Waals surface area contributed by atoms with Gasteiger partial charge in [-0.1, -0.05) is 18.2 Å². The smallest absolute Gasteiger partial charge is 0.330 e. The van der Waals surface area contributed by atoms with Crippen LogP contribution in [0.15, 0.2) is 30.4 Å². The van der Waals surface area contributed by atoms with Gasteiger partial charge in [-0.2, -0.15) is 0 Å². The van der Waals surface area contributed by atoms with E-state index < -0.39 is 5.97 Å². The Morgan fingerprint density at radius 3 is 2.00 bits per heavy atom. The van der Waals surface area contributed by atoms with Crippen molar-refractivity contribution in [2.24, 2.45) is 0 Å². The second-order valence-electron chi connectivity index (χ2n) is 3.70. The van der Waals surface area contributed by atoms with Crippen molar-refractivity contribution in [3.63, 3.8) is 0 Å². The van der Waals surface area contributed by atoms with Gasteiger partial charge in [0.25, 0.3) is 0 Å². The molecule has 108 valence electrons. The molecule has 0 radical (unpaired) electrons. The topological polar surface area (TPSA) is 54.0 Å². The maximum atomic E-state index is 10.9. The van der Waals surface area contributed by atoms with Gasteiger partial charge in [-0.05, 0) is 17.7 Å². The van der Waals surface area contributed by atoms with E-state index in [2.05, 4.69) is 4.74 Å². The second kappa shape index (κ2) is 7.89. The minimum atomic E-state index is -0.403. The fourth-order valence-electron chi connectivity index (χ4n) is 1.57. The number of hydrogen-bond acceptors (Lipinski definition) is 5. The molecule has 0 bridgehead atoms. The third kappa shape index (κ3) is 4.05. The number of carbonyl (C=O) groups is 1. The third-order valence-electron chi connectivity index (χ3n) is 2.52. The number of hydrogen-bond donors (Lipinski definition) is 0. The molecule has 0 aliphatic carbocycles. The van der Waals surface area contributed by atoms with E-state index in [9.17, 15) is 4.79 Å². The summed E-state index contributed by atoms with van der Waals surface area (Å²) >= 11 is 0. The number of methoxy groups -OCH3 is 4. The minimum Gasteiger partial charge on any atom is -0.493 e. The quantitative estimate of drug-likeness (QED) is 0.454. The SMILES string of the molecule is COC(=O)/C=C/C=C/c1cc(OC)c(OC)c(OC)c1. The monoisotopic (exact) mass is 278 g/mol. The molecule has 1 aromatic rings. The van der Waals surface area contributed by atoms with E-state index in [1.54, 1.807) is 33.5 Å². The predicted octanol–water partition coefficient (Wildman–Crippen LogP) is 2.45. The summed E-state index contributed by atoms with van der Waals surface area (Å²) in [6, 6.07) is 3.62. The molecule has 0 aliphatic rings. The summed E-state index contributed by atoms with van der Waals surface area (Å²) in [6.07, 6.45) is 6.45. The first-order valence-corrected chi connectivity index (χ1v) is 5.89. The molecule has 5 nitrogen and oxygen atoms in total. The fraction of sp³-hybridized carbons (Fsp3) is 0.267. The number of esters is 1. The molecule has 0 aliphatic heterocycles. The highest BCUT2D eigenvalue weighted by molar-refractivity contribution is 5.82. The van der Waals surface area contributed by atoms with Gasteiger partial charge in [-0.15, -0.1) is 0 Å². The Balaban J connectivity index is 2.99. The molecule has 0 atom stereocenters. The van der Waals surface area contributed by atoms with Crippen molar-refractivity contribution in [3.8, 4) is 17.2 Å².